The van der Waals surface area contributed by atoms with Crippen molar-refractivity contribution in [1.82, 2.24) is 5.32 Å². The highest BCUT2D eigenvalue weighted by Gasteiger charge is 2.17. The van der Waals surface area contributed by atoms with Crippen LogP contribution in [0.4, 0.5) is 4.39 Å². The zero-order valence-electron chi connectivity index (χ0n) is 13.5. The minimum atomic E-state index is -3.91. The van der Waals surface area contributed by atoms with Gasteiger partial charge in [0.05, 0.1) is 4.90 Å². The summed E-state index contributed by atoms with van der Waals surface area (Å²) in [6, 6.07) is 9.19. The van der Waals surface area contributed by atoms with Gasteiger partial charge in [-0.25, -0.2) is 17.9 Å². The number of nitrogens with one attached hydrogen (secondary N) is 1. The first-order chi connectivity index (χ1) is 11.2. The largest absolute Gasteiger partial charge is 0.352 e. The summed E-state index contributed by atoms with van der Waals surface area (Å²) in [5, 5.41) is 7.85. The number of nitrogens with two attached hydrogens (primary N) is 1. The van der Waals surface area contributed by atoms with Crippen molar-refractivity contribution in [2.24, 2.45) is 5.14 Å². The lowest BCUT2D eigenvalue weighted by Gasteiger charge is -2.11. The molecule has 7 heteroatoms. The normalized spacial score (nSPS) is 11.3. The lowest BCUT2D eigenvalue weighted by Crippen LogP contribution is -2.26. The molecule has 0 heterocycles. The van der Waals surface area contributed by atoms with Gasteiger partial charge in [0.2, 0.25) is 10.0 Å². The highest BCUT2D eigenvalue weighted by Crippen LogP contribution is 2.20. The van der Waals surface area contributed by atoms with Gasteiger partial charge in [-0.05, 0) is 55.2 Å². The van der Waals surface area contributed by atoms with Gasteiger partial charge >= 0.3 is 0 Å². The molecule has 2 aromatic rings. The highest BCUT2D eigenvalue weighted by molar-refractivity contribution is 7.89. The molecule has 3 N–H and O–H groups in total. The molecule has 0 aliphatic heterocycles. The molecule has 0 aliphatic carbocycles. The molecule has 0 saturated heterocycles. The summed E-state index contributed by atoms with van der Waals surface area (Å²) in [4.78, 5) is 12.2. The SMILES string of the molecule is Cc1cc(C(=O)NCCc2ccccc2F)cc(S(N)(=O)=O)c1C. The van der Waals surface area contributed by atoms with E-state index in [1.807, 2.05) is 0 Å². The first kappa shape index (κ1) is 18.1. The standard InChI is InChI=1S/C17H19FN2O3S/c1-11-9-14(10-16(12(11)2)24(19,22)23)17(21)20-8-7-13-5-3-4-6-15(13)18/h3-6,9-10H,7-8H2,1-2H3,(H,20,21)(H2,19,22,23). The minimum absolute atomic E-state index is 0.0678. The van der Waals surface area contributed by atoms with E-state index < -0.39 is 15.9 Å². The Morgan fingerprint density at radius 3 is 2.50 bits per heavy atom. The maximum absolute atomic E-state index is 13.5. The Morgan fingerprint density at radius 1 is 1.21 bits per heavy atom. The van der Waals surface area contributed by atoms with Crippen LogP contribution in [-0.2, 0) is 16.4 Å². The number of rotatable bonds is 5. The van der Waals surface area contributed by atoms with Gasteiger partial charge in [-0.1, -0.05) is 18.2 Å². The molecule has 0 radical (unpaired) electrons. The fourth-order valence-corrected chi connectivity index (χ4v) is 3.25. The molecule has 24 heavy (non-hydrogen) atoms. The summed E-state index contributed by atoms with van der Waals surface area (Å²) >= 11 is 0. The third kappa shape index (κ3) is 4.18. The van der Waals surface area contributed by atoms with Crippen molar-refractivity contribution in [3.8, 4) is 0 Å². The number of hydrogen-bond donors (Lipinski definition) is 2. The number of benzene rings is 2. The second-order valence-corrected chi connectivity index (χ2v) is 7.09. The van der Waals surface area contributed by atoms with Crippen molar-refractivity contribution in [2.45, 2.75) is 25.2 Å². The average Bonchev–Trinajstić information content (AvgIpc) is 2.50. The molecule has 1 amide bonds. The van der Waals surface area contributed by atoms with Crippen molar-refractivity contribution < 1.29 is 17.6 Å². The Hall–Kier alpha value is -2.25. The van der Waals surface area contributed by atoms with Gasteiger partial charge in [0.25, 0.3) is 5.91 Å². The van der Waals surface area contributed by atoms with Crippen LogP contribution in [0.2, 0.25) is 0 Å². The van der Waals surface area contributed by atoms with Crippen LogP contribution in [0.1, 0.15) is 27.0 Å². The number of amides is 1. The molecule has 2 rings (SSSR count). The van der Waals surface area contributed by atoms with E-state index in [-0.39, 0.29) is 22.8 Å². The van der Waals surface area contributed by atoms with Crippen molar-refractivity contribution >= 4 is 15.9 Å². The summed E-state index contributed by atoms with van der Waals surface area (Å²) in [7, 11) is -3.91. The van der Waals surface area contributed by atoms with Gasteiger partial charge in [0, 0.05) is 12.1 Å². The lowest BCUT2D eigenvalue weighted by atomic mass is 10.1. The molecule has 0 atom stereocenters. The van der Waals surface area contributed by atoms with Gasteiger partial charge in [-0.2, -0.15) is 0 Å². The van der Waals surface area contributed by atoms with Gasteiger partial charge in [0.1, 0.15) is 5.82 Å². The predicted octanol–water partition coefficient (Wildman–Crippen LogP) is 2.06. The van der Waals surface area contributed by atoms with Crippen LogP contribution in [0.5, 0.6) is 0 Å². The molecule has 0 spiro atoms. The van der Waals surface area contributed by atoms with Crippen LogP contribution in [0, 0.1) is 19.7 Å². The number of hydrogen-bond acceptors (Lipinski definition) is 3. The van der Waals surface area contributed by atoms with E-state index in [4.69, 9.17) is 5.14 Å². The number of carbonyl (C=O) groups excluding carboxylic acids is 1. The number of halogens is 1. The number of primary sulfonamides is 1. The number of sulfonamides is 1. The molecule has 5 nitrogen and oxygen atoms in total. The Morgan fingerprint density at radius 2 is 1.88 bits per heavy atom. The first-order valence-corrected chi connectivity index (χ1v) is 8.90. The topological polar surface area (TPSA) is 89.3 Å². The molecule has 0 aliphatic rings. The molecule has 0 unspecified atom stereocenters. The second-order valence-electron chi connectivity index (χ2n) is 5.56. The fraction of sp³-hybridized carbons (Fsp3) is 0.235. The molecular formula is C17H19FN2O3S. The van der Waals surface area contributed by atoms with E-state index in [2.05, 4.69) is 5.32 Å². The maximum Gasteiger partial charge on any atom is 0.251 e. The van der Waals surface area contributed by atoms with Crippen LogP contribution in [0.15, 0.2) is 41.3 Å². The van der Waals surface area contributed by atoms with Gasteiger partial charge < -0.3 is 5.32 Å². The molecule has 2 aromatic carbocycles. The summed E-state index contributed by atoms with van der Waals surface area (Å²) in [6.07, 6.45) is 0.339. The first-order valence-electron chi connectivity index (χ1n) is 7.36. The molecule has 0 aromatic heterocycles. The molecule has 0 bridgehead atoms. The number of carbonyl (C=O) groups is 1. The molecule has 0 fully saturated rings. The molecule has 128 valence electrons. The van der Waals surface area contributed by atoms with E-state index in [1.165, 1.54) is 12.1 Å². The van der Waals surface area contributed by atoms with Crippen LogP contribution in [-0.4, -0.2) is 20.9 Å². The summed E-state index contributed by atoms with van der Waals surface area (Å²) in [6.45, 7) is 3.58. The van der Waals surface area contributed by atoms with Crippen LogP contribution < -0.4 is 10.5 Å². The quantitative estimate of drug-likeness (QED) is 0.865. The lowest BCUT2D eigenvalue weighted by molar-refractivity contribution is 0.0953. The van der Waals surface area contributed by atoms with Gasteiger partial charge in [-0.3, -0.25) is 4.79 Å². The Kier molecular flexibility index (Phi) is 5.36. The number of aryl methyl sites for hydroxylation is 1. The van der Waals surface area contributed by atoms with Crippen molar-refractivity contribution in [2.75, 3.05) is 6.54 Å². The van der Waals surface area contributed by atoms with E-state index >= 15 is 0 Å². The van der Waals surface area contributed by atoms with E-state index in [9.17, 15) is 17.6 Å². The van der Waals surface area contributed by atoms with Crippen molar-refractivity contribution in [3.63, 3.8) is 0 Å². The molecule has 0 saturated carbocycles. The Labute approximate surface area is 140 Å². The summed E-state index contributed by atoms with van der Waals surface area (Å²) in [5.41, 5.74) is 1.87. The monoisotopic (exact) mass is 350 g/mol. The van der Waals surface area contributed by atoms with Gasteiger partial charge in [0.15, 0.2) is 0 Å². The fourth-order valence-electron chi connectivity index (χ4n) is 2.37. The third-order valence-electron chi connectivity index (χ3n) is 3.83. The van der Waals surface area contributed by atoms with E-state index in [0.29, 0.717) is 23.1 Å². The zero-order chi connectivity index (χ0) is 17.9. The zero-order valence-corrected chi connectivity index (χ0v) is 14.3. The van der Waals surface area contributed by atoms with Crippen molar-refractivity contribution in [3.05, 3.63) is 64.5 Å². The van der Waals surface area contributed by atoms with Gasteiger partial charge in [-0.15, -0.1) is 0 Å². The average molecular weight is 350 g/mol. The Bertz CT molecular complexity index is 879. The Balaban J connectivity index is 2.13. The summed E-state index contributed by atoms with van der Waals surface area (Å²) in [5.74, 6) is -0.756. The summed E-state index contributed by atoms with van der Waals surface area (Å²) < 4.78 is 36.8. The smallest absolute Gasteiger partial charge is 0.251 e. The molecular weight excluding hydrogens is 331 g/mol. The predicted molar refractivity (Wildman–Crippen MR) is 89.7 cm³/mol. The van der Waals surface area contributed by atoms with E-state index in [0.717, 1.165) is 0 Å². The second kappa shape index (κ2) is 7.11. The highest BCUT2D eigenvalue weighted by atomic mass is 32.2. The van der Waals surface area contributed by atoms with Crippen molar-refractivity contribution in [1.29, 1.82) is 0 Å². The van der Waals surface area contributed by atoms with Crippen LogP contribution in [0.3, 0.4) is 0 Å². The van der Waals surface area contributed by atoms with E-state index in [1.54, 1.807) is 38.1 Å². The minimum Gasteiger partial charge on any atom is -0.352 e. The van der Waals surface area contributed by atoms with Crippen LogP contribution in [0.25, 0.3) is 0 Å². The third-order valence-corrected chi connectivity index (χ3v) is 4.86. The maximum atomic E-state index is 13.5. The van der Waals surface area contributed by atoms with Crippen LogP contribution >= 0.6 is 0 Å².